The molecule has 0 heterocycles. The summed E-state index contributed by atoms with van der Waals surface area (Å²) in [5.41, 5.74) is 0. The largest absolute Gasteiger partial charge is 0.103 e. The maximum atomic E-state index is 3.91. The van der Waals surface area contributed by atoms with E-state index >= 15 is 0 Å². The molecule has 0 aromatic heterocycles. The molecule has 0 aromatic rings. The second-order valence-corrected chi connectivity index (χ2v) is 9.34. The van der Waals surface area contributed by atoms with E-state index in [1.807, 2.05) is 0 Å². The Morgan fingerprint density at radius 3 is 0.700 bits per heavy atom. The molecular weight excluding hydrogens is 360 g/mol. The SMILES string of the molecule is [CH2]CCCCCCCCCCCCCC#CCCCCCCCCCCCCC[CH2]. The van der Waals surface area contributed by atoms with Gasteiger partial charge in [0.05, 0.1) is 0 Å². The average molecular weight is 417 g/mol. The van der Waals surface area contributed by atoms with E-state index < -0.39 is 0 Å². The van der Waals surface area contributed by atoms with Crippen molar-refractivity contribution in [2.24, 2.45) is 0 Å². The number of unbranched alkanes of at least 4 members (excludes halogenated alkanes) is 24. The summed E-state index contributed by atoms with van der Waals surface area (Å²) < 4.78 is 0. The molecule has 0 aliphatic heterocycles. The zero-order valence-electron chi connectivity index (χ0n) is 20.8. The third-order valence-electron chi connectivity index (χ3n) is 6.23. The summed E-state index contributed by atoms with van der Waals surface area (Å²) in [4.78, 5) is 0. The van der Waals surface area contributed by atoms with Gasteiger partial charge in [0.15, 0.2) is 0 Å². The fraction of sp³-hybridized carbons (Fsp3) is 0.867. The Morgan fingerprint density at radius 2 is 0.467 bits per heavy atom. The highest BCUT2D eigenvalue weighted by Crippen LogP contribution is 2.13. The summed E-state index contributed by atoms with van der Waals surface area (Å²) in [5, 5.41) is 0. The van der Waals surface area contributed by atoms with Gasteiger partial charge in [-0.25, -0.2) is 0 Å². The molecule has 0 amide bonds. The topological polar surface area (TPSA) is 0 Å². The fourth-order valence-corrected chi connectivity index (χ4v) is 4.14. The lowest BCUT2D eigenvalue weighted by Crippen LogP contribution is -1.83. The summed E-state index contributed by atoms with van der Waals surface area (Å²) in [6.45, 7) is 7.82. The molecule has 0 unspecified atom stereocenters. The van der Waals surface area contributed by atoms with Crippen LogP contribution in [0, 0.1) is 25.7 Å². The lowest BCUT2D eigenvalue weighted by Gasteiger charge is -2.02. The molecule has 0 aliphatic rings. The van der Waals surface area contributed by atoms with Gasteiger partial charge in [-0.3, -0.25) is 0 Å². The van der Waals surface area contributed by atoms with Crippen molar-refractivity contribution in [3.8, 4) is 11.8 Å². The van der Waals surface area contributed by atoms with E-state index in [0.29, 0.717) is 0 Å². The van der Waals surface area contributed by atoms with Gasteiger partial charge >= 0.3 is 0 Å². The van der Waals surface area contributed by atoms with E-state index in [2.05, 4.69) is 25.7 Å². The number of hydrogen-bond donors (Lipinski definition) is 0. The van der Waals surface area contributed by atoms with Crippen molar-refractivity contribution in [2.75, 3.05) is 0 Å². The van der Waals surface area contributed by atoms with Crippen LogP contribution in [0.15, 0.2) is 0 Å². The van der Waals surface area contributed by atoms with E-state index in [1.54, 1.807) is 0 Å². The van der Waals surface area contributed by atoms with Gasteiger partial charge in [0.25, 0.3) is 0 Å². The van der Waals surface area contributed by atoms with Crippen molar-refractivity contribution in [2.45, 2.75) is 167 Å². The molecule has 0 bridgehead atoms. The third-order valence-corrected chi connectivity index (χ3v) is 6.23. The van der Waals surface area contributed by atoms with E-state index in [1.165, 1.54) is 141 Å². The first-order chi connectivity index (χ1) is 14.9. The summed E-state index contributed by atoms with van der Waals surface area (Å²) in [7, 11) is 0. The monoisotopic (exact) mass is 416 g/mol. The first-order valence-electron chi connectivity index (χ1n) is 14.0. The molecule has 0 atom stereocenters. The predicted molar refractivity (Wildman–Crippen MR) is 139 cm³/mol. The summed E-state index contributed by atoms with van der Waals surface area (Å²) in [6.07, 6.45) is 35.4. The van der Waals surface area contributed by atoms with Gasteiger partial charge in [-0.15, -0.1) is 11.8 Å². The fourth-order valence-electron chi connectivity index (χ4n) is 4.14. The van der Waals surface area contributed by atoms with E-state index in [-0.39, 0.29) is 0 Å². The standard InChI is InChI=1S/C30H56/c1-3-5-7-9-11-13-15-17-19-21-23-25-27-29-30-28-26-24-22-20-18-16-14-12-10-8-6-4-2/h1-28H2. The average Bonchev–Trinajstić information content (AvgIpc) is 2.76. The Balaban J connectivity index is 3.09. The van der Waals surface area contributed by atoms with E-state index in [9.17, 15) is 0 Å². The molecule has 0 N–H and O–H groups in total. The highest BCUT2D eigenvalue weighted by molar-refractivity contribution is 4.98. The van der Waals surface area contributed by atoms with Crippen molar-refractivity contribution in [1.29, 1.82) is 0 Å². The first kappa shape index (κ1) is 29.6. The van der Waals surface area contributed by atoms with Gasteiger partial charge in [-0.1, -0.05) is 155 Å². The maximum absolute atomic E-state index is 3.91. The Bertz CT molecular complexity index is 313. The van der Waals surface area contributed by atoms with Crippen molar-refractivity contribution in [1.82, 2.24) is 0 Å². The molecule has 0 saturated heterocycles. The molecule has 0 aromatic carbocycles. The Labute approximate surface area is 192 Å². The quantitative estimate of drug-likeness (QED) is 0.108. The lowest BCUT2D eigenvalue weighted by atomic mass is 10.0. The van der Waals surface area contributed by atoms with Gasteiger partial charge < -0.3 is 0 Å². The second kappa shape index (κ2) is 28.6. The van der Waals surface area contributed by atoms with Crippen LogP contribution >= 0.6 is 0 Å². The Hall–Kier alpha value is -0.440. The van der Waals surface area contributed by atoms with Crippen LogP contribution in [0.5, 0.6) is 0 Å². The predicted octanol–water partition coefficient (Wildman–Crippen LogP) is 10.8. The molecule has 0 aliphatic carbocycles. The van der Waals surface area contributed by atoms with Crippen LogP contribution in [0.2, 0.25) is 0 Å². The number of hydrogen-bond acceptors (Lipinski definition) is 0. The third kappa shape index (κ3) is 27.6. The summed E-state index contributed by atoms with van der Waals surface area (Å²) in [5.74, 6) is 6.80. The second-order valence-electron chi connectivity index (χ2n) is 9.34. The van der Waals surface area contributed by atoms with Gasteiger partial charge in [0.2, 0.25) is 0 Å². The zero-order chi connectivity index (χ0) is 21.8. The van der Waals surface area contributed by atoms with Crippen LogP contribution in [-0.4, -0.2) is 0 Å². The van der Waals surface area contributed by atoms with Gasteiger partial charge in [-0.05, 0) is 12.8 Å². The van der Waals surface area contributed by atoms with Crippen molar-refractivity contribution in [3.05, 3.63) is 13.8 Å². The lowest BCUT2D eigenvalue weighted by molar-refractivity contribution is 0.547. The van der Waals surface area contributed by atoms with Gasteiger partial charge in [0.1, 0.15) is 0 Å². The van der Waals surface area contributed by atoms with Crippen molar-refractivity contribution < 1.29 is 0 Å². The van der Waals surface area contributed by atoms with Crippen LogP contribution in [0.25, 0.3) is 0 Å². The summed E-state index contributed by atoms with van der Waals surface area (Å²) in [6, 6.07) is 0. The molecular formula is C30H56. The molecule has 30 heavy (non-hydrogen) atoms. The Kier molecular flexibility index (Phi) is 28.1. The highest BCUT2D eigenvalue weighted by atomic mass is 14.0. The van der Waals surface area contributed by atoms with Crippen LogP contribution in [-0.2, 0) is 0 Å². The van der Waals surface area contributed by atoms with Gasteiger partial charge in [0, 0.05) is 12.8 Å². The minimum absolute atomic E-state index is 1.11. The van der Waals surface area contributed by atoms with Crippen molar-refractivity contribution in [3.63, 3.8) is 0 Å². The van der Waals surface area contributed by atoms with Crippen LogP contribution in [0.1, 0.15) is 167 Å². The summed E-state index contributed by atoms with van der Waals surface area (Å²) >= 11 is 0. The Morgan fingerprint density at radius 1 is 0.267 bits per heavy atom. The molecule has 0 nitrogen and oxygen atoms in total. The normalized spacial score (nSPS) is 10.9. The zero-order valence-corrected chi connectivity index (χ0v) is 20.8. The highest BCUT2D eigenvalue weighted by Gasteiger charge is 1.94. The van der Waals surface area contributed by atoms with E-state index in [0.717, 1.165) is 25.7 Å². The van der Waals surface area contributed by atoms with Crippen molar-refractivity contribution >= 4 is 0 Å². The smallest absolute Gasteiger partial charge is 0.00886 e. The van der Waals surface area contributed by atoms with Crippen LogP contribution in [0.3, 0.4) is 0 Å². The molecule has 0 saturated carbocycles. The molecule has 0 rings (SSSR count). The van der Waals surface area contributed by atoms with Gasteiger partial charge in [-0.2, -0.15) is 0 Å². The van der Waals surface area contributed by atoms with Crippen LogP contribution in [0.4, 0.5) is 0 Å². The molecule has 2 radical (unpaired) electrons. The molecule has 176 valence electrons. The maximum Gasteiger partial charge on any atom is 0.00886 e. The minimum atomic E-state index is 1.11. The molecule has 0 spiro atoms. The van der Waals surface area contributed by atoms with Crippen LogP contribution < -0.4 is 0 Å². The first-order valence-corrected chi connectivity index (χ1v) is 14.0. The minimum Gasteiger partial charge on any atom is -0.103 e. The number of rotatable bonds is 24. The molecule has 0 fully saturated rings. The van der Waals surface area contributed by atoms with E-state index in [4.69, 9.17) is 0 Å². The molecule has 0 heteroatoms.